The largest absolute Gasteiger partial charge is 0.363 e. The van der Waals surface area contributed by atoms with Crippen LogP contribution in [0.25, 0.3) is 0 Å². The van der Waals surface area contributed by atoms with Gasteiger partial charge in [-0.25, -0.2) is 28.5 Å². The highest BCUT2D eigenvalue weighted by Crippen LogP contribution is 2.59. The minimum Gasteiger partial charge on any atom is -0.336 e. The zero-order valence-electron chi connectivity index (χ0n) is 48.1. The molecule has 0 saturated carbocycles. The Morgan fingerprint density at radius 2 is 0.824 bits per heavy atom. The Bertz CT molecular complexity index is 2120. The second kappa shape index (κ2) is 29.2. The predicted molar refractivity (Wildman–Crippen MR) is 302 cm³/mol. The number of carbonyl (C=O) groups excluding carboxylic acids is 2. The maximum Gasteiger partial charge on any atom is 0.363 e. The monoisotopic (exact) mass is 1020 g/mol. The fourth-order valence-electron chi connectivity index (χ4n) is 13.1. The number of hydrogen-bond donors (Lipinski definition) is 0. The van der Waals surface area contributed by atoms with E-state index in [-0.39, 0.29) is 70.4 Å². The van der Waals surface area contributed by atoms with Crippen LogP contribution in [0.1, 0.15) is 255 Å². The lowest BCUT2D eigenvalue weighted by atomic mass is 9.56. The first-order chi connectivity index (χ1) is 35.6. The Kier molecular flexibility index (Phi) is 23.8. The van der Waals surface area contributed by atoms with Crippen LogP contribution in [-0.2, 0) is 9.68 Å². The summed E-state index contributed by atoms with van der Waals surface area (Å²) in [6.07, 6.45) is 25.1. The number of carbonyl (C=O) groups is 2. The number of rotatable bonds is 30. The van der Waals surface area contributed by atoms with Gasteiger partial charge in [-0.3, -0.25) is 0 Å². The second-order valence-corrected chi connectivity index (χ2v) is 23.0. The van der Waals surface area contributed by atoms with Gasteiger partial charge in [-0.1, -0.05) is 221 Å². The molecule has 0 amide bonds. The molecule has 74 heavy (non-hydrogen) atoms. The maximum absolute atomic E-state index is 16.4. The van der Waals surface area contributed by atoms with Crippen molar-refractivity contribution in [2.45, 2.75) is 235 Å². The Balaban J connectivity index is 1.59. The highest BCUT2D eigenvalue weighted by molar-refractivity contribution is 6.03. The number of hydrogen-bond acceptors (Lipinski definition) is 6. The minimum atomic E-state index is -0.656. The Labute approximate surface area is 448 Å². The lowest BCUT2D eigenvalue weighted by Gasteiger charge is -2.54. The molecular weight excluding hydrogens is 923 g/mol. The Morgan fingerprint density at radius 1 is 0.500 bits per heavy atom. The molecule has 8 heteroatoms. The van der Waals surface area contributed by atoms with Gasteiger partial charge in [0.25, 0.3) is 0 Å². The number of benzene rings is 3. The molecule has 10 unspecified atom stereocenters. The van der Waals surface area contributed by atoms with Crippen LogP contribution in [0.15, 0.2) is 96.3 Å². The third-order valence-corrected chi connectivity index (χ3v) is 18.5. The molecule has 2 aliphatic rings. The molecule has 3 aromatic rings. The van der Waals surface area contributed by atoms with Crippen molar-refractivity contribution in [2.24, 2.45) is 34.5 Å². The summed E-state index contributed by atoms with van der Waals surface area (Å²) in [4.78, 5) is 43.2. The van der Waals surface area contributed by atoms with Crippen LogP contribution in [0.5, 0.6) is 0 Å². The highest BCUT2D eigenvalue weighted by Gasteiger charge is 2.54. The van der Waals surface area contributed by atoms with E-state index in [1.807, 2.05) is 36.7 Å². The molecule has 0 spiro atoms. The fraction of sp³-hybridized carbons (Fsp3) is 0.636. The summed E-state index contributed by atoms with van der Waals surface area (Å²) in [6.45, 7) is 26.7. The molecule has 0 radical (unpaired) electrons. The number of nitrogens with zero attached hydrogens (tertiary/aromatic N) is 2. The van der Waals surface area contributed by atoms with Crippen molar-refractivity contribution in [3.63, 3.8) is 0 Å². The van der Waals surface area contributed by atoms with Gasteiger partial charge >= 0.3 is 11.9 Å². The highest BCUT2D eigenvalue weighted by atomic mass is 19.1. The van der Waals surface area contributed by atoms with Gasteiger partial charge in [0.05, 0.1) is 23.2 Å². The van der Waals surface area contributed by atoms with E-state index in [0.29, 0.717) is 11.1 Å². The van der Waals surface area contributed by atoms with Gasteiger partial charge in [-0.2, -0.15) is 0 Å². The standard InChI is InChI=1S/C66H98F2N2O4/c1-13-19-23-27-35-47(7)65(11)49(9)69(45-57(51(17-5)37-25-21-15-3)61(65)55-41-31-33-43-59(55)67)73-63(71)53-39-29-30-40-54(53)64(72)74-70-46-58(52(18-6)38-26-22-16-4)62(56-42-32-34-44-60(56)68)66(12,50(70)10)48(8)36-28-24-20-14-2/h29-34,39-52,61-62H,13-28,35-38H2,1-12H3. The molecule has 0 bridgehead atoms. The van der Waals surface area contributed by atoms with Gasteiger partial charge in [0.2, 0.25) is 0 Å². The van der Waals surface area contributed by atoms with Crippen molar-refractivity contribution in [3.05, 3.63) is 130 Å². The van der Waals surface area contributed by atoms with Crippen LogP contribution in [-0.4, -0.2) is 34.1 Å². The van der Waals surface area contributed by atoms with Crippen LogP contribution in [0.3, 0.4) is 0 Å². The third-order valence-electron chi connectivity index (χ3n) is 18.5. The molecule has 0 aliphatic carbocycles. The van der Waals surface area contributed by atoms with E-state index in [2.05, 4.69) is 83.1 Å². The van der Waals surface area contributed by atoms with E-state index in [9.17, 15) is 9.59 Å². The molecule has 0 aromatic heterocycles. The number of hydroxylamine groups is 4. The van der Waals surface area contributed by atoms with Crippen molar-refractivity contribution in [1.82, 2.24) is 10.1 Å². The van der Waals surface area contributed by atoms with Gasteiger partial charge in [-0.15, -0.1) is 0 Å². The molecule has 0 N–H and O–H groups in total. The molecular formula is C66H98F2N2O4. The molecule has 10 atom stereocenters. The van der Waals surface area contributed by atoms with Gasteiger partial charge < -0.3 is 9.68 Å². The van der Waals surface area contributed by atoms with Crippen LogP contribution in [0, 0.1) is 46.1 Å². The van der Waals surface area contributed by atoms with E-state index >= 15 is 8.78 Å². The van der Waals surface area contributed by atoms with E-state index in [1.165, 1.54) is 12.8 Å². The van der Waals surface area contributed by atoms with E-state index in [4.69, 9.17) is 9.68 Å². The van der Waals surface area contributed by atoms with Gasteiger partial charge in [0.1, 0.15) is 11.6 Å². The predicted octanol–water partition coefficient (Wildman–Crippen LogP) is 19.3. The lowest BCUT2D eigenvalue weighted by Crippen LogP contribution is -2.54. The van der Waals surface area contributed by atoms with Crippen LogP contribution in [0.2, 0.25) is 0 Å². The topological polar surface area (TPSA) is 59.1 Å². The number of halogens is 2. The molecule has 0 fully saturated rings. The third kappa shape index (κ3) is 13.9. The molecule has 3 aromatic carbocycles. The van der Waals surface area contributed by atoms with E-state index in [1.54, 1.807) is 58.7 Å². The Morgan fingerprint density at radius 3 is 1.16 bits per heavy atom. The number of unbranched alkanes of at least 4 members (excludes halogenated alkanes) is 10. The van der Waals surface area contributed by atoms with Gasteiger partial charge in [0.15, 0.2) is 0 Å². The summed E-state index contributed by atoms with van der Waals surface area (Å²) in [7, 11) is 0. The quantitative estimate of drug-likeness (QED) is 0.0620. The minimum absolute atomic E-state index is 0.108. The summed E-state index contributed by atoms with van der Waals surface area (Å²) >= 11 is 0. The first-order valence-electron chi connectivity index (χ1n) is 29.6. The molecule has 5 rings (SSSR count). The van der Waals surface area contributed by atoms with Crippen molar-refractivity contribution < 1.29 is 28.0 Å². The summed E-state index contributed by atoms with van der Waals surface area (Å²) in [5.74, 6) is -1.65. The van der Waals surface area contributed by atoms with Gasteiger partial charge in [0, 0.05) is 35.1 Å². The molecule has 0 saturated heterocycles. The van der Waals surface area contributed by atoms with Crippen molar-refractivity contribution in [1.29, 1.82) is 0 Å². The average Bonchev–Trinajstić information content (AvgIpc) is 3.40. The van der Waals surface area contributed by atoms with Crippen LogP contribution in [0.4, 0.5) is 8.78 Å². The van der Waals surface area contributed by atoms with Crippen LogP contribution >= 0.6 is 0 Å². The average molecular weight is 1020 g/mol. The number of allylic oxidation sites excluding steroid dienone is 2. The molecule has 6 nitrogen and oxygen atoms in total. The first kappa shape index (κ1) is 60.4. The summed E-state index contributed by atoms with van der Waals surface area (Å²) in [5.41, 5.74) is 2.70. The summed E-state index contributed by atoms with van der Waals surface area (Å²) in [5, 5.41) is 3.48. The SMILES string of the molecule is CCCCCCC(C)C1(C)C(c2ccccc2F)C(C(CC)CCCCC)=CN(OC(=O)c2ccccc2C(=O)ON2C=C(C(CC)CCCCC)C(c3ccccc3F)C(C)(C(C)CCCCCC)C2C)C1C. The van der Waals surface area contributed by atoms with Crippen molar-refractivity contribution >= 4 is 11.9 Å². The molecule has 2 heterocycles. The van der Waals surface area contributed by atoms with E-state index in [0.717, 1.165) is 127 Å². The maximum atomic E-state index is 16.4. The molecule has 2 aliphatic heterocycles. The summed E-state index contributed by atoms with van der Waals surface area (Å²) in [6, 6.07) is 20.6. The molecule has 410 valence electrons. The smallest absolute Gasteiger partial charge is 0.336 e. The van der Waals surface area contributed by atoms with Crippen LogP contribution < -0.4 is 0 Å². The van der Waals surface area contributed by atoms with Crippen molar-refractivity contribution in [2.75, 3.05) is 0 Å². The summed E-state index contributed by atoms with van der Waals surface area (Å²) < 4.78 is 32.7. The first-order valence-corrected chi connectivity index (χ1v) is 29.6. The van der Waals surface area contributed by atoms with E-state index < -0.39 is 22.8 Å². The van der Waals surface area contributed by atoms with Gasteiger partial charge in [-0.05, 0) is 110 Å². The normalized spacial score (nSPS) is 23.6. The zero-order valence-corrected chi connectivity index (χ0v) is 48.1. The second-order valence-electron chi connectivity index (χ2n) is 23.0. The zero-order chi connectivity index (χ0) is 54.0. The Hall–Kier alpha value is -4.46. The fourth-order valence-corrected chi connectivity index (χ4v) is 13.1. The van der Waals surface area contributed by atoms with Crippen molar-refractivity contribution in [3.8, 4) is 0 Å². The lowest BCUT2D eigenvalue weighted by molar-refractivity contribution is -0.150.